The normalized spacial score (nSPS) is 20.5. The number of nitro benzene ring substituents is 1. The summed E-state index contributed by atoms with van der Waals surface area (Å²) < 4.78 is 32.1. The van der Waals surface area contributed by atoms with E-state index in [1.807, 2.05) is 0 Å². The average Bonchev–Trinajstić information content (AvgIpc) is 3.00. The van der Waals surface area contributed by atoms with Crippen LogP contribution in [-0.4, -0.2) is 48.5 Å². The fourth-order valence-corrected chi connectivity index (χ4v) is 4.62. The van der Waals surface area contributed by atoms with Gasteiger partial charge in [-0.2, -0.15) is 4.31 Å². The molecule has 0 heterocycles. The van der Waals surface area contributed by atoms with Crippen LogP contribution in [0.1, 0.15) is 40.0 Å². The Morgan fingerprint density at radius 2 is 1.93 bits per heavy atom. The molecule has 0 unspecified atom stereocenters. The molecule has 0 saturated heterocycles. The molecular formula is C17H25N3O6S. The highest BCUT2D eigenvalue weighted by molar-refractivity contribution is 7.89. The average molecular weight is 399 g/mol. The summed E-state index contributed by atoms with van der Waals surface area (Å²) in [5, 5.41) is 13.9. The second-order valence-corrected chi connectivity index (χ2v) is 9.52. The molecule has 1 aliphatic carbocycles. The molecule has 9 nitrogen and oxygen atoms in total. The summed E-state index contributed by atoms with van der Waals surface area (Å²) in [6.45, 7) is 5.28. The molecule has 0 bridgehead atoms. The maximum atomic E-state index is 12.9. The zero-order valence-electron chi connectivity index (χ0n) is 15.8. The van der Waals surface area contributed by atoms with E-state index in [1.165, 1.54) is 31.3 Å². The Bertz CT molecular complexity index is 818. The van der Waals surface area contributed by atoms with Gasteiger partial charge in [0.25, 0.3) is 5.69 Å². The highest BCUT2D eigenvalue weighted by Crippen LogP contribution is 2.31. The number of carbonyl (C=O) groups excluding carboxylic acids is 1. The van der Waals surface area contributed by atoms with Crippen molar-refractivity contribution in [2.45, 2.75) is 62.6 Å². The molecule has 1 aliphatic rings. The van der Waals surface area contributed by atoms with E-state index in [0.717, 1.165) is 4.31 Å². The highest BCUT2D eigenvalue weighted by atomic mass is 32.2. The number of nitrogens with zero attached hydrogens (tertiary/aromatic N) is 2. The number of nitro groups is 1. The first-order valence-corrected chi connectivity index (χ1v) is 10.1. The van der Waals surface area contributed by atoms with E-state index in [9.17, 15) is 23.3 Å². The van der Waals surface area contributed by atoms with Crippen molar-refractivity contribution in [3.63, 3.8) is 0 Å². The van der Waals surface area contributed by atoms with E-state index < -0.39 is 32.3 Å². The molecule has 1 aromatic carbocycles. The lowest BCUT2D eigenvalue weighted by Gasteiger charge is -2.24. The zero-order chi connectivity index (χ0) is 20.4. The lowest BCUT2D eigenvalue weighted by Crippen LogP contribution is -2.40. The number of hydrogen-bond acceptors (Lipinski definition) is 6. The molecule has 1 N–H and O–H groups in total. The Kier molecular flexibility index (Phi) is 6.10. The summed E-state index contributed by atoms with van der Waals surface area (Å²) in [6.07, 6.45) is 1.00. The zero-order valence-corrected chi connectivity index (χ0v) is 16.7. The Hall–Kier alpha value is -2.20. The number of hydrogen-bond donors (Lipinski definition) is 1. The summed E-state index contributed by atoms with van der Waals surface area (Å²) in [5.41, 5.74) is -1.07. The third-order valence-electron chi connectivity index (χ3n) is 4.36. The quantitative estimate of drug-likeness (QED) is 0.600. The first-order valence-electron chi connectivity index (χ1n) is 8.63. The van der Waals surface area contributed by atoms with Crippen LogP contribution in [0.15, 0.2) is 29.2 Å². The first-order chi connectivity index (χ1) is 12.4. The topological polar surface area (TPSA) is 119 Å². The largest absolute Gasteiger partial charge is 0.444 e. The van der Waals surface area contributed by atoms with Crippen LogP contribution in [0.25, 0.3) is 0 Å². The van der Waals surface area contributed by atoms with Crippen LogP contribution in [0.3, 0.4) is 0 Å². The van der Waals surface area contributed by atoms with Crippen LogP contribution in [0.5, 0.6) is 0 Å². The van der Waals surface area contributed by atoms with Crippen molar-refractivity contribution in [2.75, 3.05) is 7.05 Å². The van der Waals surface area contributed by atoms with Gasteiger partial charge in [-0.3, -0.25) is 10.1 Å². The summed E-state index contributed by atoms with van der Waals surface area (Å²) in [4.78, 5) is 22.0. The monoisotopic (exact) mass is 399 g/mol. The minimum absolute atomic E-state index is 0.215. The van der Waals surface area contributed by atoms with E-state index in [1.54, 1.807) is 20.8 Å². The number of sulfonamides is 1. The van der Waals surface area contributed by atoms with Gasteiger partial charge in [-0.1, -0.05) is 12.1 Å². The number of benzene rings is 1. The molecule has 2 rings (SSSR count). The molecule has 2 atom stereocenters. The van der Waals surface area contributed by atoms with Crippen molar-refractivity contribution in [1.82, 2.24) is 9.62 Å². The standard InChI is InChI=1S/C17H25N3O6S/c1-17(2,3)26-16(21)18-12-9-10-13(11-12)19(4)27(24,25)15-8-6-5-7-14(15)20(22)23/h5-8,12-13H,9-11H2,1-4H3,(H,18,21)/t12-,13+/m0/s1. The number of rotatable bonds is 5. The third kappa shape index (κ3) is 5.16. The number of amides is 1. The molecule has 0 aliphatic heterocycles. The van der Waals surface area contributed by atoms with Crippen molar-refractivity contribution in [1.29, 1.82) is 0 Å². The van der Waals surface area contributed by atoms with Crippen LogP contribution in [0, 0.1) is 10.1 Å². The van der Waals surface area contributed by atoms with E-state index in [-0.39, 0.29) is 17.0 Å². The van der Waals surface area contributed by atoms with Crippen LogP contribution < -0.4 is 5.32 Å². The molecule has 1 saturated carbocycles. The predicted molar refractivity (Wildman–Crippen MR) is 98.8 cm³/mol. The Morgan fingerprint density at radius 3 is 2.52 bits per heavy atom. The van der Waals surface area contributed by atoms with Gasteiger partial charge in [0.1, 0.15) is 5.60 Å². The maximum absolute atomic E-state index is 12.9. The minimum Gasteiger partial charge on any atom is -0.444 e. The molecule has 0 radical (unpaired) electrons. The van der Waals surface area contributed by atoms with E-state index in [2.05, 4.69) is 5.32 Å². The van der Waals surface area contributed by atoms with Crippen LogP contribution in [0.2, 0.25) is 0 Å². The Morgan fingerprint density at radius 1 is 1.30 bits per heavy atom. The molecule has 150 valence electrons. The lowest BCUT2D eigenvalue weighted by atomic mass is 10.2. The van der Waals surface area contributed by atoms with Crippen molar-refractivity contribution in [2.24, 2.45) is 0 Å². The van der Waals surface area contributed by atoms with Gasteiger partial charge in [0.05, 0.1) is 4.92 Å². The van der Waals surface area contributed by atoms with Crippen LogP contribution in [-0.2, 0) is 14.8 Å². The second-order valence-electron chi connectivity index (χ2n) is 7.56. The van der Waals surface area contributed by atoms with E-state index in [0.29, 0.717) is 19.3 Å². The van der Waals surface area contributed by atoms with Gasteiger partial charge in [0.15, 0.2) is 4.90 Å². The van der Waals surface area contributed by atoms with Gasteiger partial charge in [-0.15, -0.1) is 0 Å². The summed E-state index contributed by atoms with van der Waals surface area (Å²) in [6, 6.07) is 4.70. The minimum atomic E-state index is -4.03. The first kappa shape index (κ1) is 21.1. The van der Waals surface area contributed by atoms with Gasteiger partial charge >= 0.3 is 6.09 Å². The van der Waals surface area contributed by atoms with Gasteiger partial charge < -0.3 is 10.1 Å². The van der Waals surface area contributed by atoms with Crippen LogP contribution >= 0.6 is 0 Å². The number of nitrogens with one attached hydrogen (secondary N) is 1. The molecule has 0 aromatic heterocycles. The highest BCUT2D eigenvalue weighted by Gasteiger charge is 2.37. The molecule has 1 aromatic rings. The molecule has 0 spiro atoms. The smallest absolute Gasteiger partial charge is 0.407 e. The summed E-state index contributed by atoms with van der Waals surface area (Å²) in [5.74, 6) is 0. The molecular weight excluding hydrogens is 374 g/mol. The number of para-hydroxylation sites is 1. The molecule has 27 heavy (non-hydrogen) atoms. The van der Waals surface area contributed by atoms with E-state index >= 15 is 0 Å². The van der Waals surface area contributed by atoms with Crippen LogP contribution in [0.4, 0.5) is 10.5 Å². The lowest BCUT2D eigenvalue weighted by molar-refractivity contribution is -0.387. The van der Waals surface area contributed by atoms with Crippen molar-refractivity contribution < 1.29 is 22.9 Å². The van der Waals surface area contributed by atoms with Gasteiger partial charge in [0.2, 0.25) is 10.0 Å². The summed E-state index contributed by atoms with van der Waals surface area (Å²) in [7, 11) is -2.62. The van der Waals surface area contributed by atoms with Crippen molar-refractivity contribution in [3.05, 3.63) is 34.4 Å². The maximum Gasteiger partial charge on any atom is 0.407 e. The van der Waals surface area contributed by atoms with E-state index in [4.69, 9.17) is 4.74 Å². The Labute approximate surface area is 158 Å². The third-order valence-corrected chi connectivity index (χ3v) is 6.32. The number of ether oxygens (including phenoxy) is 1. The molecule has 1 fully saturated rings. The van der Waals surface area contributed by atoms with Gasteiger partial charge in [-0.05, 0) is 46.1 Å². The fraction of sp³-hybridized carbons (Fsp3) is 0.588. The Balaban J connectivity index is 2.09. The summed E-state index contributed by atoms with van der Waals surface area (Å²) >= 11 is 0. The predicted octanol–water partition coefficient (Wildman–Crippen LogP) is 2.66. The second kappa shape index (κ2) is 7.81. The number of carbonyl (C=O) groups is 1. The van der Waals surface area contributed by atoms with Crippen molar-refractivity contribution >= 4 is 21.8 Å². The SMILES string of the molecule is CN([C@@H]1CC[C@H](NC(=O)OC(C)(C)C)C1)S(=O)(=O)c1ccccc1[N+](=O)[O-]. The van der Waals surface area contributed by atoms with Gasteiger partial charge in [0, 0.05) is 25.2 Å². The molecule has 10 heteroatoms. The van der Waals surface area contributed by atoms with Crippen molar-refractivity contribution in [3.8, 4) is 0 Å². The number of alkyl carbamates (subject to hydrolysis) is 1. The molecule has 1 amide bonds. The van der Waals surface area contributed by atoms with Gasteiger partial charge in [-0.25, -0.2) is 13.2 Å². The fourth-order valence-electron chi connectivity index (χ4n) is 3.07.